The predicted molar refractivity (Wildman–Crippen MR) is 98.6 cm³/mol. The summed E-state index contributed by atoms with van der Waals surface area (Å²) in [4.78, 5) is 23.7. The molecule has 7 heteroatoms. The van der Waals surface area contributed by atoms with Gasteiger partial charge in [0.2, 0.25) is 0 Å². The van der Waals surface area contributed by atoms with Crippen LogP contribution in [0, 0.1) is 5.21 Å². The van der Waals surface area contributed by atoms with Crippen molar-refractivity contribution in [1.29, 1.82) is 0 Å². The number of ether oxygens (including phenoxy) is 2. The number of rotatable bonds is 7. The minimum absolute atomic E-state index is 0.480. The fourth-order valence-corrected chi connectivity index (χ4v) is 4.68. The average Bonchev–Trinajstić information content (AvgIpc) is 2.68. The van der Waals surface area contributed by atoms with Gasteiger partial charge in [0.1, 0.15) is 0 Å². The van der Waals surface area contributed by atoms with Gasteiger partial charge in [-0.15, -0.1) is 0 Å². The number of nitrogens with zero attached hydrogens (tertiary/aromatic N) is 1. The number of hydroxylamine groups is 1. The van der Waals surface area contributed by atoms with Crippen molar-refractivity contribution in [2.75, 3.05) is 14.2 Å². The van der Waals surface area contributed by atoms with E-state index in [0.29, 0.717) is 10.3 Å². The average molecular weight is 420 g/mol. The molecule has 0 spiro atoms. The molecule has 0 bridgehead atoms. The van der Waals surface area contributed by atoms with Gasteiger partial charge in [0, 0.05) is 0 Å². The second-order valence-electron chi connectivity index (χ2n) is 5.24. The number of benzene rings is 2. The van der Waals surface area contributed by atoms with Gasteiger partial charge in [-0.05, 0) is 0 Å². The van der Waals surface area contributed by atoms with E-state index in [1.807, 2.05) is 36.4 Å². The van der Waals surface area contributed by atoms with Gasteiger partial charge < -0.3 is 0 Å². The van der Waals surface area contributed by atoms with Crippen LogP contribution in [0.1, 0.15) is 5.56 Å². The van der Waals surface area contributed by atoms with Crippen LogP contribution in [0.5, 0.6) is 0 Å². The van der Waals surface area contributed by atoms with Crippen molar-refractivity contribution in [3.63, 3.8) is 0 Å². The Morgan fingerprint density at radius 3 is 2.04 bits per heavy atom. The first-order valence-electron chi connectivity index (χ1n) is 7.79. The van der Waals surface area contributed by atoms with Crippen LogP contribution in [0.15, 0.2) is 60.7 Å². The molecule has 0 aliphatic rings. The van der Waals surface area contributed by atoms with Gasteiger partial charge in [0.25, 0.3) is 0 Å². The summed E-state index contributed by atoms with van der Waals surface area (Å²) in [6.45, 7) is 0. The van der Waals surface area contributed by atoms with Gasteiger partial charge in [0.05, 0.1) is 0 Å². The quantitative estimate of drug-likeness (QED) is 0.168. The van der Waals surface area contributed by atoms with E-state index in [1.165, 1.54) is 20.4 Å². The third-order valence-electron chi connectivity index (χ3n) is 3.52. The fraction of sp³-hybridized carbons (Fsp3) is 0.211. The Bertz CT molecular complexity index is 764. The zero-order chi connectivity index (χ0) is 18.9. The molecule has 0 saturated heterocycles. The third kappa shape index (κ3) is 5.18. The Balaban J connectivity index is 2.41. The second-order valence-corrected chi connectivity index (χ2v) is 7.79. The molecule has 2 unspecified atom stereocenters. The van der Waals surface area contributed by atoms with Crippen LogP contribution in [-0.4, -0.2) is 58.1 Å². The van der Waals surface area contributed by atoms with Crippen molar-refractivity contribution in [2.24, 2.45) is 0 Å². The van der Waals surface area contributed by atoms with E-state index in [2.05, 4.69) is 0 Å². The van der Waals surface area contributed by atoms with E-state index >= 15 is 0 Å². The van der Waals surface area contributed by atoms with Crippen LogP contribution >= 0.6 is 0 Å². The summed E-state index contributed by atoms with van der Waals surface area (Å²) in [6, 6.07) is 16.7. The monoisotopic (exact) mass is 421 g/mol. The topological polar surface area (TPSA) is 78.7 Å². The minimum atomic E-state index is -1.33. The van der Waals surface area contributed by atoms with Crippen molar-refractivity contribution < 1.29 is 23.8 Å². The molecule has 0 heterocycles. The van der Waals surface area contributed by atoms with Crippen molar-refractivity contribution in [3.05, 3.63) is 71.4 Å². The van der Waals surface area contributed by atoms with E-state index in [-0.39, 0.29) is 0 Å². The number of esters is 2. The summed E-state index contributed by atoms with van der Waals surface area (Å²) in [6.07, 6.45) is 1.28. The van der Waals surface area contributed by atoms with Gasteiger partial charge in [-0.25, -0.2) is 0 Å². The van der Waals surface area contributed by atoms with Gasteiger partial charge in [-0.1, -0.05) is 0 Å². The molecule has 6 nitrogen and oxygen atoms in total. The molecular weight excluding hydrogens is 401 g/mol. The zero-order valence-corrected chi connectivity index (χ0v) is 16.1. The number of carbonyl (C=O) groups excluding carboxylic acids is 2. The Morgan fingerprint density at radius 2 is 1.50 bits per heavy atom. The number of hydrogen-bond acceptors (Lipinski definition) is 5. The van der Waals surface area contributed by atoms with Gasteiger partial charge in [-0.3, -0.25) is 0 Å². The van der Waals surface area contributed by atoms with Crippen molar-refractivity contribution >= 4 is 37.6 Å². The van der Waals surface area contributed by atoms with Gasteiger partial charge >= 0.3 is 158 Å². The molecule has 0 fully saturated rings. The molecule has 0 radical (unpaired) electrons. The molecule has 136 valence electrons. The van der Waals surface area contributed by atoms with Crippen LogP contribution < -0.4 is 4.46 Å². The van der Waals surface area contributed by atoms with Crippen molar-refractivity contribution in [1.82, 2.24) is 0 Å². The second kappa shape index (κ2) is 9.75. The van der Waals surface area contributed by atoms with E-state index in [4.69, 9.17) is 9.47 Å². The molecule has 26 heavy (non-hydrogen) atoms. The molecule has 2 rings (SSSR count). The van der Waals surface area contributed by atoms with Gasteiger partial charge in [0.15, 0.2) is 0 Å². The SMILES string of the molecule is COC(=O)C([Se]c1ccccc1)C(C(=O)OC)/[N+]([O-])=C/c1ccccc1. The number of methoxy groups -OCH3 is 2. The summed E-state index contributed by atoms with van der Waals surface area (Å²) >= 11 is -0.500. The van der Waals surface area contributed by atoms with E-state index in [0.717, 1.165) is 4.46 Å². The summed E-state index contributed by atoms with van der Waals surface area (Å²) in [5.41, 5.74) is 0.618. The first-order chi connectivity index (χ1) is 12.6. The molecule has 0 aliphatic heterocycles. The Kier molecular flexibility index (Phi) is 7.38. The molecule has 0 saturated carbocycles. The van der Waals surface area contributed by atoms with Crippen LogP contribution in [0.25, 0.3) is 0 Å². The summed E-state index contributed by atoms with van der Waals surface area (Å²) in [5, 5.41) is 12.7. The van der Waals surface area contributed by atoms with E-state index in [9.17, 15) is 14.8 Å². The first kappa shape index (κ1) is 19.7. The molecule has 0 amide bonds. The standard InChI is InChI=1S/C19H19NO5Se/c1-24-18(21)16(20(23)13-14-9-5-3-6-10-14)17(19(22)25-2)26-15-11-7-4-8-12-15/h3-13,16-17H,1-2H3/b20-13-. The molecule has 0 aromatic heterocycles. The Labute approximate surface area is 158 Å². The third-order valence-corrected chi connectivity index (χ3v) is 6.14. The van der Waals surface area contributed by atoms with Crippen LogP contribution in [0.4, 0.5) is 0 Å². The molecule has 2 aromatic carbocycles. The normalized spacial score (nSPS) is 13.5. The van der Waals surface area contributed by atoms with Crippen molar-refractivity contribution in [3.8, 4) is 0 Å². The van der Waals surface area contributed by atoms with E-state index < -0.39 is 37.8 Å². The van der Waals surface area contributed by atoms with Crippen LogP contribution in [0.3, 0.4) is 0 Å². The van der Waals surface area contributed by atoms with Crippen LogP contribution in [0.2, 0.25) is 4.82 Å². The first-order valence-corrected chi connectivity index (χ1v) is 9.64. The molecule has 0 N–H and O–H groups in total. The Morgan fingerprint density at radius 1 is 0.962 bits per heavy atom. The van der Waals surface area contributed by atoms with Crippen molar-refractivity contribution in [2.45, 2.75) is 10.9 Å². The summed E-state index contributed by atoms with van der Waals surface area (Å²) < 4.78 is 11.0. The number of carbonyl (C=O) groups is 2. The summed E-state index contributed by atoms with van der Waals surface area (Å²) in [5.74, 6) is -1.40. The van der Waals surface area contributed by atoms with E-state index in [1.54, 1.807) is 24.3 Å². The fourth-order valence-electron chi connectivity index (χ4n) is 2.25. The maximum atomic E-state index is 12.7. The Hall–Kier alpha value is -2.63. The molecule has 2 atom stereocenters. The molecular formula is C19H19NO5Se. The predicted octanol–water partition coefficient (Wildman–Crippen LogP) is 1.15. The molecule has 2 aromatic rings. The van der Waals surface area contributed by atoms with Gasteiger partial charge in [-0.2, -0.15) is 0 Å². The summed E-state index contributed by atoms with van der Waals surface area (Å²) in [7, 11) is 2.43. The maximum absolute atomic E-state index is 12.7. The number of hydrogen-bond donors (Lipinski definition) is 0. The molecule has 0 aliphatic carbocycles. The zero-order valence-electron chi connectivity index (χ0n) is 14.4. The van der Waals surface area contributed by atoms with Crippen LogP contribution in [-0.2, 0) is 19.1 Å².